The van der Waals surface area contributed by atoms with Crippen LogP contribution in [0.4, 0.5) is 0 Å². The highest BCUT2D eigenvalue weighted by molar-refractivity contribution is 5.66. The highest BCUT2D eigenvalue weighted by atomic mass is 16.7. The van der Waals surface area contributed by atoms with Gasteiger partial charge in [0.05, 0.1) is 0 Å². The van der Waals surface area contributed by atoms with Gasteiger partial charge in [-0.15, -0.1) is 0 Å². The third-order valence-corrected chi connectivity index (χ3v) is 4.03. The summed E-state index contributed by atoms with van der Waals surface area (Å²) in [7, 11) is 0. The van der Waals surface area contributed by atoms with Crippen molar-refractivity contribution in [1.82, 2.24) is 0 Å². The van der Waals surface area contributed by atoms with E-state index in [2.05, 4.69) is 0 Å². The van der Waals surface area contributed by atoms with Gasteiger partial charge < -0.3 is 18.9 Å². The molecule has 0 N–H and O–H groups in total. The van der Waals surface area contributed by atoms with E-state index >= 15 is 0 Å². The van der Waals surface area contributed by atoms with Crippen molar-refractivity contribution in [3.05, 3.63) is 53.6 Å². The molecule has 0 bridgehead atoms. The Morgan fingerprint density at radius 2 is 1.91 bits per heavy atom. The van der Waals surface area contributed by atoms with Gasteiger partial charge in [0.25, 0.3) is 0 Å². The van der Waals surface area contributed by atoms with E-state index in [4.69, 9.17) is 18.9 Å². The fourth-order valence-corrected chi connectivity index (χ4v) is 3.01. The molecular formula is C18H16O5. The summed E-state index contributed by atoms with van der Waals surface area (Å²) in [4.78, 5) is 11.5. The molecule has 0 radical (unpaired) electrons. The Labute approximate surface area is 133 Å². The number of rotatable bonds is 2. The van der Waals surface area contributed by atoms with Crippen LogP contribution in [0.1, 0.15) is 24.2 Å². The van der Waals surface area contributed by atoms with Crippen molar-refractivity contribution in [3.8, 4) is 17.2 Å². The second-order valence-electron chi connectivity index (χ2n) is 5.61. The monoisotopic (exact) mass is 312 g/mol. The summed E-state index contributed by atoms with van der Waals surface area (Å²) in [6, 6.07) is 13.5. The topological polar surface area (TPSA) is 54.0 Å². The molecule has 2 aromatic rings. The number of fused-ring (bicyclic) bond motifs is 2. The van der Waals surface area contributed by atoms with Gasteiger partial charge >= 0.3 is 5.97 Å². The summed E-state index contributed by atoms with van der Waals surface area (Å²) in [5.74, 6) is 1.91. The predicted octanol–water partition coefficient (Wildman–Crippen LogP) is 3.02. The summed E-state index contributed by atoms with van der Waals surface area (Å²) in [5, 5.41) is 0. The van der Waals surface area contributed by atoms with E-state index in [9.17, 15) is 4.79 Å². The molecule has 0 spiro atoms. The van der Waals surface area contributed by atoms with Gasteiger partial charge in [0, 0.05) is 18.9 Å². The second kappa shape index (κ2) is 5.50. The number of para-hydroxylation sites is 1. The van der Waals surface area contributed by atoms with E-state index in [1.807, 2.05) is 42.5 Å². The lowest BCUT2D eigenvalue weighted by Crippen LogP contribution is -2.34. The van der Waals surface area contributed by atoms with Gasteiger partial charge in [-0.2, -0.15) is 0 Å². The summed E-state index contributed by atoms with van der Waals surface area (Å²) in [5.41, 5.74) is 1.94. The fourth-order valence-electron chi connectivity index (χ4n) is 3.01. The molecule has 0 saturated heterocycles. The maximum Gasteiger partial charge on any atom is 0.303 e. The Hall–Kier alpha value is -2.69. The zero-order valence-electron chi connectivity index (χ0n) is 12.7. The lowest BCUT2D eigenvalue weighted by atomic mass is 9.94. The molecule has 5 nitrogen and oxygen atoms in total. The van der Waals surface area contributed by atoms with Crippen LogP contribution >= 0.6 is 0 Å². The molecular weight excluding hydrogens is 296 g/mol. The number of carbonyl (C=O) groups is 1. The standard InChI is InChI=1S/C18H16O5/c1-11(19)22-17-8-12-4-2-3-5-14(12)23-18(17)13-6-7-15-16(9-13)21-10-20-15/h2-7,9,17-18H,8,10H2,1H3/t17-,18+/m0/s1. The SMILES string of the molecule is CC(=O)O[C@H]1Cc2ccccc2O[C@@H]1c1ccc2c(c1)OCO2. The molecule has 2 aliphatic rings. The van der Waals surface area contributed by atoms with Gasteiger partial charge in [-0.25, -0.2) is 0 Å². The van der Waals surface area contributed by atoms with E-state index in [1.165, 1.54) is 6.92 Å². The number of esters is 1. The van der Waals surface area contributed by atoms with Crippen LogP contribution in [0.15, 0.2) is 42.5 Å². The van der Waals surface area contributed by atoms with Crippen LogP contribution < -0.4 is 14.2 Å². The lowest BCUT2D eigenvalue weighted by Gasteiger charge is -2.33. The fraction of sp³-hybridized carbons (Fsp3) is 0.278. The molecule has 5 heteroatoms. The zero-order chi connectivity index (χ0) is 15.8. The molecule has 2 aromatic carbocycles. The van der Waals surface area contributed by atoms with Gasteiger partial charge in [0.1, 0.15) is 11.9 Å². The van der Waals surface area contributed by atoms with Crippen molar-refractivity contribution in [1.29, 1.82) is 0 Å². The quantitative estimate of drug-likeness (QED) is 0.798. The first kappa shape index (κ1) is 13.9. The van der Waals surface area contributed by atoms with E-state index in [0.717, 1.165) is 16.9 Å². The minimum atomic E-state index is -0.372. The molecule has 0 unspecified atom stereocenters. The number of benzene rings is 2. The second-order valence-corrected chi connectivity index (χ2v) is 5.61. The van der Waals surface area contributed by atoms with Crippen LogP contribution in [0.3, 0.4) is 0 Å². The van der Waals surface area contributed by atoms with Gasteiger partial charge in [-0.3, -0.25) is 4.79 Å². The van der Waals surface area contributed by atoms with Crippen LogP contribution in [-0.2, 0) is 16.0 Å². The van der Waals surface area contributed by atoms with Gasteiger partial charge in [0.2, 0.25) is 6.79 Å². The molecule has 2 aliphatic heterocycles. The van der Waals surface area contributed by atoms with Crippen molar-refractivity contribution < 1.29 is 23.7 Å². The maximum absolute atomic E-state index is 11.5. The van der Waals surface area contributed by atoms with Crippen molar-refractivity contribution >= 4 is 5.97 Å². The highest BCUT2D eigenvalue weighted by Crippen LogP contribution is 2.40. The Morgan fingerprint density at radius 1 is 1.09 bits per heavy atom. The van der Waals surface area contributed by atoms with E-state index in [0.29, 0.717) is 17.9 Å². The number of hydrogen-bond donors (Lipinski definition) is 0. The molecule has 2 atom stereocenters. The van der Waals surface area contributed by atoms with E-state index in [-0.39, 0.29) is 25.0 Å². The van der Waals surface area contributed by atoms with Crippen molar-refractivity contribution in [2.45, 2.75) is 25.6 Å². The molecule has 0 amide bonds. The predicted molar refractivity (Wildman–Crippen MR) is 81.6 cm³/mol. The summed E-state index contributed by atoms with van der Waals surface area (Å²) < 4.78 is 22.4. The molecule has 0 saturated carbocycles. The summed E-state index contributed by atoms with van der Waals surface area (Å²) in [6.07, 6.45) is -0.124. The maximum atomic E-state index is 11.5. The molecule has 0 aromatic heterocycles. The van der Waals surface area contributed by atoms with Crippen molar-refractivity contribution in [3.63, 3.8) is 0 Å². The van der Waals surface area contributed by atoms with Crippen LogP contribution in [0.25, 0.3) is 0 Å². The number of carbonyl (C=O) groups excluding carboxylic acids is 1. The highest BCUT2D eigenvalue weighted by Gasteiger charge is 2.34. The Kier molecular flexibility index (Phi) is 3.33. The molecule has 4 rings (SSSR count). The van der Waals surface area contributed by atoms with Gasteiger partial charge in [-0.1, -0.05) is 24.3 Å². The minimum absolute atomic E-state index is 0.223. The molecule has 23 heavy (non-hydrogen) atoms. The molecule has 0 fully saturated rings. The van der Waals surface area contributed by atoms with Crippen LogP contribution in [0, 0.1) is 0 Å². The van der Waals surface area contributed by atoms with Crippen molar-refractivity contribution in [2.75, 3.05) is 6.79 Å². The largest absolute Gasteiger partial charge is 0.482 e. The Morgan fingerprint density at radius 3 is 2.78 bits per heavy atom. The van der Waals surface area contributed by atoms with E-state index < -0.39 is 0 Å². The normalized spacial score (nSPS) is 21.3. The summed E-state index contributed by atoms with van der Waals surface area (Å²) >= 11 is 0. The average molecular weight is 312 g/mol. The van der Waals surface area contributed by atoms with Crippen molar-refractivity contribution in [2.24, 2.45) is 0 Å². The van der Waals surface area contributed by atoms with Gasteiger partial charge in [-0.05, 0) is 23.8 Å². The van der Waals surface area contributed by atoms with Crippen LogP contribution in [0.5, 0.6) is 17.2 Å². The van der Waals surface area contributed by atoms with Gasteiger partial charge in [0.15, 0.2) is 17.6 Å². The summed E-state index contributed by atoms with van der Waals surface area (Å²) in [6.45, 7) is 1.64. The number of ether oxygens (including phenoxy) is 4. The van der Waals surface area contributed by atoms with Crippen LogP contribution in [-0.4, -0.2) is 18.9 Å². The molecule has 2 heterocycles. The Bertz CT molecular complexity index is 755. The smallest absolute Gasteiger partial charge is 0.303 e. The minimum Gasteiger partial charge on any atom is -0.482 e. The van der Waals surface area contributed by atoms with E-state index in [1.54, 1.807) is 0 Å². The lowest BCUT2D eigenvalue weighted by molar-refractivity contribution is -0.152. The van der Waals surface area contributed by atoms with Crippen LogP contribution in [0.2, 0.25) is 0 Å². The first-order chi connectivity index (χ1) is 11.2. The third-order valence-electron chi connectivity index (χ3n) is 4.03. The Balaban J connectivity index is 1.70. The zero-order valence-corrected chi connectivity index (χ0v) is 12.7. The number of hydrogen-bond acceptors (Lipinski definition) is 5. The third kappa shape index (κ3) is 2.59. The first-order valence-corrected chi connectivity index (χ1v) is 7.52. The molecule has 118 valence electrons. The average Bonchev–Trinajstić information content (AvgIpc) is 3.01. The molecule has 0 aliphatic carbocycles. The first-order valence-electron chi connectivity index (χ1n) is 7.52.